The lowest BCUT2D eigenvalue weighted by atomic mass is 10.0. The number of benzene rings is 2. The molecule has 29 heavy (non-hydrogen) atoms. The van der Waals surface area contributed by atoms with E-state index in [4.69, 9.17) is 0 Å². The summed E-state index contributed by atoms with van der Waals surface area (Å²) in [5, 5.41) is 2.90. The Morgan fingerprint density at radius 3 is 2.17 bits per heavy atom. The fourth-order valence-electron chi connectivity index (χ4n) is 3.01. The fourth-order valence-corrected chi connectivity index (χ4v) is 3.01. The highest BCUT2D eigenvalue weighted by molar-refractivity contribution is 5.88. The van der Waals surface area contributed by atoms with Crippen LogP contribution in [0.25, 0.3) is 0 Å². The SMILES string of the molecule is Cc1ccc(CC(=O)N(Cc2ccc(F)cc2)[C@H](C)C(=O)NCC(C)C)cc1C. The molecule has 0 saturated carbocycles. The van der Waals surface area contributed by atoms with Crippen molar-refractivity contribution in [2.75, 3.05) is 6.54 Å². The van der Waals surface area contributed by atoms with E-state index in [-0.39, 0.29) is 30.6 Å². The molecule has 1 atom stereocenters. The van der Waals surface area contributed by atoms with Crippen LogP contribution in [0.3, 0.4) is 0 Å². The summed E-state index contributed by atoms with van der Waals surface area (Å²) in [6.45, 7) is 10.6. The summed E-state index contributed by atoms with van der Waals surface area (Å²) in [5.41, 5.74) is 3.99. The smallest absolute Gasteiger partial charge is 0.242 e. The Labute approximate surface area is 173 Å². The zero-order chi connectivity index (χ0) is 21.6. The van der Waals surface area contributed by atoms with Crippen LogP contribution in [-0.4, -0.2) is 29.3 Å². The third kappa shape index (κ3) is 6.70. The molecule has 0 aromatic heterocycles. The number of halogens is 1. The average Bonchev–Trinajstić information content (AvgIpc) is 2.67. The second-order valence-corrected chi connectivity index (χ2v) is 8.06. The molecule has 0 spiro atoms. The number of hydrogen-bond acceptors (Lipinski definition) is 2. The fraction of sp³-hybridized carbons (Fsp3) is 0.417. The normalized spacial score (nSPS) is 12.0. The predicted octanol–water partition coefficient (Wildman–Crippen LogP) is 4.17. The molecule has 0 aliphatic heterocycles. The van der Waals surface area contributed by atoms with E-state index in [1.54, 1.807) is 24.0 Å². The van der Waals surface area contributed by atoms with Crippen LogP contribution in [0.5, 0.6) is 0 Å². The lowest BCUT2D eigenvalue weighted by Gasteiger charge is -2.29. The van der Waals surface area contributed by atoms with Crippen LogP contribution in [0.4, 0.5) is 4.39 Å². The largest absolute Gasteiger partial charge is 0.354 e. The number of nitrogens with zero attached hydrogens (tertiary/aromatic N) is 1. The van der Waals surface area contributed by atoms with E-state index in [1.165, 1.54) is 17.7 Å². The lowest BCUT2D eigenvalue weighted by molar-refractivity contribution is -0.140. The number of carbonyl (C=O) groups excluding carboxylic acids is 2. The van der Waals surface area contributed by atoms with Crippen molar-refractivity contribution in [2.45, 2.75) is 53.6 Å². The molecule has 4 nitrogen and oxygen atoms in total. The Morgan fingerprint density at radius 1 is 0.966 bits per heavy atom. The highest BCUT2D eigenvalue weighted by Gasteiger charge is 2.26. The van der Waals surface area contributed by atoms with Crippen LogP contribution in [-0.2, 0) is 22.6 Å². The number of amides is 2. The first-order chi connectivity index (χ1) is 13.7. The molecule has 2 amide bonds. The quantitative estimate of drug-likeness (QED) is 0.725. The Hall–Kier alpha value is -2.69. The molecule has 0 unspecified atom stereocenters. The van der Waals surface area contributed by atoms with Crippen molar-refractivity contribution in [1.29, 1.82) is 0 Å². The van der Waals surface area contributed by atoms with Crippen LogP contribution in [0.2, 0.25) is 0 Å². The summed E-state index contributed by atoms with van der Waals surface area (Å²) < 4.78 is 13.3. The highest BCUT2D eigenvalue weighted by atomic mass is 19.1. The van der Waals surface area contributed by atoms with Gasteiger partial charge in [-0.1, -0.05) is 44.2 Å². The van der Waals surface area contributed by atoms with Gasteiger partial charge in [-0.15, -0.1) is 0 Å². The molecule has 1 N–H and O–H groups in total. The zero-order valence-electron chi connectivity index (χ0n) is 18.0. The minimum absolute atomic E-state index is 0.134. The van der Waals surface area contributed by atoms with Gasteiger partial charge in [0.05, 0.1) is 6.42 Å². The number of rotatable bonds is 8. The van der Waals surface area contributed by atoms with E-state index in [2.05, 4.69) is 5.32 Å². The van der Waals surface area contributed by atoms with Crippen LogP contribution in [0, 0.1) is 25.6 Å². The van der Waals surface area contributed by atoms with Gasteiger partial charge in [-0.25, -0.2) is 4.39 Å². The van der Waals surface area contributed by atoms with Crippen LogP contribution in [0.15, 0.2) is 42.5 Å². The zero-order valence-corrected chi connectivity index (χ0v) is 18.0. The van der Waals surface area contributed by atoms with Crippen molar-refractivity contribution in [2.24, 2.45) is 5.92 Å². The monoisotopic (exact) mass is 398 g/mol. The Bertz CT molecular complexity index is 846. The van der Waals surface area contributed by atoms with E-state index < -0.39 is 6.04 Å². The minimum Gasteiger partial charge on any atom is -0.354 e. The molecule has 0 fully saturated rings. The van der Waals surface area contributed by atoms with Gasteiger partial charge in [0.25, 0.3) is 0 Å². The maximum Gasteiger partial charge on any atom is 0.242 e. The molecule has 0 aliphatic rings. The molecule has 2 aromatic carbocycles. The number of carbonyl (C=O) groups is 2. The van der Waals surface area contributed by atoms with Crippen molar-refractivity contribution < 1.29 is 14.0 Å². The highest BCUT2D eigenvalue weighted by Crippen LogP contribution is 2.15. The number of aryl methyl sites for hydroxylation is 2. The van der Waals surface area contributed by atoms with Gasteiger partial charge in [-0.3, -0.25) is 9.59 Å². The van der Waals surface area contributed by atoms with Crippen LogP contribution in [0.1, 0.15) is 43.0 Å². The summed E-state index contributed by atoms with van der Waals surface area (Å²) in [5.74, 6) is -0.327. The van der Waals surface area contributed by atoms with Gasteiger partial charge in [-0.05, 0) is 61.1 Å². The summed E-state index contributed by atoms with van der Waals surface area (Å²) in [6.07, 6.45) is 0.212. The van der Waals surface area contributed by atoms with E-state index in [9.17, 15) is 14.0 Å². The first kappa shape index (κ1) is 22.6. The van der Waals surface area contributed by atoms with Crippen molar-refractivity contribution >= 4 is 11.8 Å². The maximum atomic E-state index is 13.3. The molecule has 0 aliphatic carbocycles. The standard InChI is InChI=1S/C24H31FN2O2/c1-16(2)14-26-24(29)19(5)27(15-20-8-10-22(25)11-9-20)23(28)13-21-7-6-17(3)18(4)12-21/h6-12,16,19H,13-15H2,1-5H3,(H,26,29)/t19-/m1/s1. The third-order valence-corrected chi connectivity index (χ3v) is 5.04. The van der Waals surface area contributed by atoms with Crippen LogP contribution >= 0.6 is 0 Å². The van der Waals surface area contributed by atoms with E-state index in [1.807, 2.05) is 45.9 Å². The minimum atomic E-state index is -0.627. The van der Waals surface area contributed by atoms with Crippen molar-refractivity contribution in [3.8, 4) is 0 Å². The molecule has 0 radical (unpaired) electrons. The summed E-state index contributed by atoms with van der Waals surface area (Å²) in [7, 11) is 0. The Balaban J connectivity index is 2.21. The second kappa shape index (κ2) is 10.2. The summed E-state index contributed by atoms with van der Waals surface area (Å²) >= 11 is 0. The number of hydrogen-bond donors (Lipinski definition) is 1. The first-order valence-electron chi connectivity index (χ1n) is 10.0. The van der Waals surface area contributed by atoms with Crippen molar-refractivity contribution in [3.05, 3.63) is 70.5 Å². The van der Waals surface area contributed by atoms with Crippen LogP contribution < -0.4 is 5.32 Å². The second-order valence-electron chi connectivity index (χ2n) is 8.06. The van der Waals surface area contributed by atoms with E-state index >= 15 is 0 Å². The molecular formula is C24H31FN2O2. The molecule has 2 rings (SSSR count). The van der Waals surface area contributed by atoms with Gasteiger partial charge in [0.2, 0.25) is 11.8 Å². The lowest BCUT2D eigenvalue weighted by Crippen LogP contribution is -2.48. The van der Waals surface area contributed by atoms with Gasteiger partial charge in [0, 0.05) is 13.1 Å². The Morgan fingerprint density at radius 2 is 1.59 bits per heavy atom. The van der Waals surface area contributed by atoms with Gasteiger partial charge in [0.1, 0.15) is 11.9 Å². The summed E-state index contributed by atoms with van der Waals surface area (Å²) in [4.78, 5) is 27.3. The molecular weight excluding hydrogens is 367 g/mol. The molecule has 0 saturated heterocycles. The molecule has 156 valence electrons. The van der Waals surface area contributed by atoms with Gasteiger partial charge < -0.3 is 10.2 Å². The van der Waals surface area contributed by atoms with E-state index in [0.717, 1.165) is 16.7 Å². The third-order valence-electron chi connectivity index (χ3n) is 5.04. The molecule has 0 bridgehead atoms. The van der Waals surface area contributed by atoms with E-state index in [0.29, 0.717) is 12.5 Å². The predicted molar refractivity (Wildman–Crippen MR) is 114 cm³/mol. The Kier molecular flexibility index (Phi) is 7.94. The number of nitrogens with one attached hydrogen (secondary N) is 1. The van der Waals surface area contributed by atoms with Gasteiger partial charge >= 0.3 is 0 Å². The topological polar surface area (TPSA) is 49.4 Å². The van der Waals surface area contributed by atoms with Crippen molar-refractivity contribution in [1.82, 2.24) is 10.2 Å². The van der Waals surface area contributed by atoms with Gasteiger partial charge in [-0.2, -0.15) is 0 Å². The molecule has 5 heteroatoms. The molecule has 0 heterocycles. The van der Waals surface area contributed by atoms with Gasteiger partial charge in [0.15, 0.2) is 0 Å². The maximum absolute atomic E-state index is 13.3. The van der Waals surface area contributed by atoms with Crippen molar-refractivity contribution in [3.63, 3.8) is 0 Å². The molecule has 2 aromatic rings. The average molecular weight is 399 g/mol. The first-order valence-corrected chi connectivity index (χ1v) is 10.0. The summed E-state index contributed by atoms with van der Waals surface area (Å²) in [6, 6.07) is 11.3.